The number of rotatable bonds is 6. The molecular formula is C26H22F3N3O4S. The highest BCUT2D eigenvalue weighted by molar-refractivity contribution is 7.91. The Morgan fingerprint density at radius 3 is 2.49 bits per heavy atom. The van der Waals surface area contributed by atoms with Crippen LogP contribution in [-0.2, 0) is 22.7 Å². The molecule has 1 aliphatic rings. The topological polar surface area (TPSA) is 101 Å². The molecule has 1 saturated carbocycles. The molecule has 2 aromatic heterocycles. The van der Waals surface area contributed by atoms with Gasteiger partial charge < -0.3 is 9.55 Å². The Hall–Kier alpha value is -3.86. The van der Waals surface area contributed by atoms with Crippen molar-refractivity contribution >= 4 is 26.8 Å². The molecule has 11 heteroatoms. The van der Waals surface area contributed by atoms with Crippen molar-refractivity contribution in [1.82, 2.24) is 14.3 Å². The van der Waals surface area contributed by atoms with E-state index in [0.717, 1.165) is 23.3 Å². The van der Waals surface area contributed by atoms with Gasteiger partial charge in [0.25, 0.3) is 11.5 Å². The Labute approximate surface area is 210 Å². The van der Waals surface area contributed by atoms with Crippen molar-refractivity contribution in [2.75, 3.05) is 0 Å². The van der Waals surface area contributed by atoms with Gasteiger partial charge >= 0.3 is 6.18 Å². The van der Waals surface area contributed by atoms with Crippen molar-refractivity contribution in [2.24, 2.45) is 0 Å². The van der Waals surface area contributed by atoms with Gasteiger partial charge in [-0.3, -0.25) is 9.59 Å². The van der Waals surface area contributed by atoms with E-state index in [4.69, 9.17) is 0 Å². The zero-order chi connectivity index (χ0) is 26.5. The SMILES string of the molecule is Cc1ccccc1Cn1c(C(=O)NS(=O)(=O)C2CC2)c(-c2ccc[nH]c2=O)c2cc(C(F)(F)F)ccc21. The summed E-state index contributed by atoms with van der Waals surface area (Å²) in [5.74, 6) is -1.01. The minimum absolute atomic E-state index is 0.00841. The number of aromatic nitrogens is 2. The maximum Gasteiger partial charge on any atom is 0.416 e. The average molecular weight is 530 g/mol. The minimum atomic E-state index is -4.68. The lowest BCUT2D eigenvalue weighted by molar-refractivity contribution is -0.137. The summed E-state index contributed by atoms with van der Waals surface area (Å²) in [4.78, 5) is 28.9. The number of hydrogen-bond acceptors (Lipinski definition) is 4. The van der Waals surface area contributed by atoms with Gasteiger partial charge in [-0.1, -0.05) is 24.3 Å². The first-order valence-electron chi connectivity index (χ1n) is 11.5. The second-order valence-corrected chi connectivity index (χ2v) is 11.0. The average Bonchev–Trinajstić information content (AvgIpc) is 3.64. The molecule has 4 aromatic rings. The maximum atomic E-state index is 13.7. The van der Waals surface area contributed by atoms with Gasteiger partial charge in [-0.05, 0) is 61.2 Å². The number of hydrogen-bond donors (Lipinski definition) is 2. The lowest BCUT2D eigenvalue weighted by atomic mass is 10.0. The van der Waals surface area contributed by atoms with Crippen LogP contribution in [0.25, 0.3) is 22.0 Å². The molecule has 1 aliphatic carbocycles. The summed E-state index contributed by atoms with van der Waals surface area (Å²) in [7, 11) is -3.99. The molecule has 0 bridgehead atoms. The fourth-order valence-electron chi connectivity index (χ4n) is 4.42. The van der Waals surface area contributed by atoms with Gasteiger partial charge in [0.05, 0.1) is 10.8 Å². The van der Waals surface area contributed by atoms with Gasteiger partial charge in [-0.25, -0.2) is 13.1 Å². The van der Waals surface area contributed by atoms with Crippen LogP contribution in [0.3, 0.4) is 0 Å². The number of carbonyl (C=O) groups excluding carboxylic acids is 1. The van der Waals surface area contributed by atoms with E-state index in [1.165, 1.54) is 29.0 Å². The van der Waals surface area contributed by atoms with Gasteiger partial charge in [0.2, 0.25) is 10.0 Å². The molecule has 37 heavy (non-hydrogen) atoms. The predicted octanol–water partition coefficient (Wildman–Crippen LogP) is 4.59. The first kappa shape index (κ1) is 24.8. The van der Waals surface area contributed by atoms with Crippen molar-refractivity contribution in [3.8, 4) is 11.1 Å². The lowest BCUT2D eigenvalue weighted by Gasteiger charge is -2.14. The Balaban J connectivity index is 1.84. The Morgan fingerprint density at radius 1 is 1.11 bits per heavy atom. The molecule has 7 nitrogen and oxygen atoms in total. The molecule has 0 radical (unpaired) electrons. The van der Waals surface area contributed by atoms with Gasteiger partial charge in [0.15, 0.2) is 0 Å². The first-order valence-corrected chi connectivity index (χ1v) is 13.0. The molecular weight excluding hydrogens is 507 g/mol. The third-order valence-electron chi connectivity index (χ3n) is 6.48. The van der Waals surface area contributed by atoms with Gasteiger partial charge in [0, 0.05) is 34.8 Å². The van der Waals surface area contributed by atoms with E-state index >= 15 is 0 Å². The number of halogens is 3. The fraction of sp³-hybridized carbons (Fsp3) is 0.231. The van der Waals surface area contributed by atoms with Crippen molar-refractivity contribution in [3.05, 3.63) is 93.5 Å². The molecule has 2 heterocycles. The Kier molecular flexibility index (Phi) is 5.98. The van der Waals surface area contributed by atoms with Crippen LogP contribution >= 0.6 is 0 Å². The number of aromatic amines is 1. The number of sulfonamides is 1. The van der Waals surface area contributed by atoms with Crippen LogP contribution in [0.4, 0.5) is 13.2 Å². The van der Waals surface area contributed by atoms with E-state index in [2.05, 4.69) is 9.71 Å². The fourth-order valence-corrected chi connectivity index (χ4v) is 5.70. The van der Waals surface area contributed by atoms with Crippen LogP contribution < -0.4 is 10.3 Å². The number of carbonyl (C=O) groups is 1. The molecule has 2 N–H and O–H groups in total. The molecule has 1 amide bonds. The Morgan fingerprint density at radius 2 is 1.84 bits per heavy atom. The number of benzene rings is 2. The number of H-pyrrole nitrogens is 1. The van der Waals surface area contributed by atoms with Crippen molar-refractivity contribution < 1.29 is 26.4 Å². The number of amides is 1. The summed E-state index contributed by atoms with van der Waals surface area (Å²) in [5, 5.41) is -0.694. The molecule has 0 unspecified atom stereocenters. The van der Waals surface area contributed by atoms with E-state index in [0.29, 0.717) is 12.8 Å². The van der Waals surface area contributed by atoms with Crippen LogP contribution in [-0.4, -0.2) is 29.1 Å². The highest BCUT2D eigenvalue weighted by atomic mass is 32.2. The van der Waals surface area contributed by atoms with Crippen LogP contribution in [0.15, 0.2) is 65.6 Å². The highest BCUT2D eigenvalue weighted by Crippen LogP contribution is 2.39. The smallest absolute Gasteiger partial charge is 0.331 e. The number of aryl methyl sites for hydroxylation is 1. The van der Waals surface area contributed by atoms with Gasteiger partial charge in [-0.2, -0.15) is 13.2 Å². The molecule has 0 atom stereocenters. The van der Waals surface area contributed by atoms with E-state index in [9.17, 15) is 31.2 Å². The minimum Gasteiger partial charge on any atom is -0.331 e. The van der Waals surface area contributed by atoms with E-state index in [1.54, 1.807) is 6.07 Å². The first-order chi connectivity index (χ1) is 17.5. The number of alkyl halides is 3. The predicted molar refractivity (Wildman–Crippen MR) is 133 cm³/mol. The monoisotopic (exact) mass is 529 g/mol. The molecule has 5 rings (SSSR count). The molecule has 192 valence electrons. The maximum absolute atomic E-state index is 13.7. The molecule has 0 saturated heterocycles. The number of nitrogens with zero attached hydrogens (tertiary/aromatic N) is 1. The van der Waals surface area contributed by atoms with Crippen molar-refractivity contribution in [3.63, 3.8) is 0 Å². The van der Waals surface area contributed by atoms with E-state index in [1.807, 2.05) is 25.1 Å². The Bertz CT molecular complexity index is 1700. The standard InChI is InChI=1S/C26H22F3N3O4S/c1-15-5-2-3-6-16(15)14-32-21-11-8-17(26(27,28)29)13-20(21)22(19-7-4-12-30-24(19)33)23(32)25(34)31-37(35,36)18-9-10-18/h2-8,11-13,18H,9-10,14H2,1H3,(H,30,33)(H,31,34). The van der Waals surface area contributed by atoms with Crippen LogP contribution in [0.5, 0.6) is 0 Å². The van der Waals surface area contributed by atoms with Gasteiger partial charge in [0.1, 0.15) is 5.69 Å². The van der Waals surface area contributed by atoms with Gasteiger partial charge in [-0.15, -0.1) is 0 Å². The lowest BCUT2D eigenvalue weighted by Crippen LogP contribution is -2.35. The van der Waals surface area contributed by atoms with Crippen LogP contribution in [0, 0.1) is 6.92 Å². The zero-order valence-corrected chi connectivity index (χ0v) is 20.4. The van der Waals surface area contributed by atoms with Crippen LogP contribution in [0.1, 0.15) is 40.0 Å². The summed E-state index contributed by atoms with van der Waals surface area (Å²) in [6.45, 7) is 1.91. The quantitative estimate of drug-likeness (QED) is 0.381. The summed E-state index contributed by atoms with van der Waals surface area (Å²) in [5.41, 5.74) is -0.0289. The third kappa shape index (κ3) is 4.66. The largest absolute Gasteiger partial charge is 0.416 e. The molecule has 0 spiro atoms. The number of fused-ring (bicyclic) bond motifs is 1. The molecule has 2 aromatic carbocycles. The highest BCUT2D eigenvalue weighted by Gasteiger charge is 2.39. The van der Waals surface area contributed by atoms with E-state index in [-0.39, 0.29) is 34.3 Å². The van der Waals surface area contributed by atoms with Crippen molar-refractivity contribution in [1.29, 1.82) is 0 Å². The molecule has 1 fully saturated rings. The summed E-state index contributed by atoms with van der Waals surface area (Å²) >= 11 is 0. The normalized spacial score (nSPS) is 14.2. The number of pyridine rings is 1. The van der Waals surface area contributed by atoms with Crippen molar-refractivity contribution in [2.45, 2.75) is 37.7 Å². The molecule has 0 aliphatic heterocycles. The number of nitrogens with one attached hydrogen (secondary N) is 2. The summed E-state index contributed by atoms with van der Waals surface area (Å²) in [6, 6.07) is 13.2. The second-order valence-electron chi connectivity index (χ2n) is 9.05. The second kappa shape index (κ2) is 8.91. The van der Waals surface area contributed by atoms with E-state index < -0.39 is 38.5 Å². The summed E-state index contributed by atoms with van der Waals surface area (Å²) in [6.07, 6.45) is -2.49. The third-order valence-corrected chi connectivity index (χ3v) is 8.30. The van der Waals surface area contributed by atoms with Crippen LogP contribution in [0.2, 0.25) is 0 Å². The zero-order valence-electron chi connectivity index (χ0n) is 19.6. The summed E-state index contributed by atoms with van der Waals surface area (Å²) < 4.78 is 69.9.